The van der Waals surface area contributed by atoms with E-state index in [-0.39, 0.29) is 11.6 Å². The molecule has 0 fully saturated rings. The van der Waals surface area contributed by atoms with E-state index in [0.29, 0.717) is 11.1 Å². The number of aryl methyl sites for hydroxylation is 1. The number of ketones is 2. The Kier molecular flexibility index (Phi) is 5.76. The molecule has 31 heavy (non-hydrogen) atoms. The largest absolute Gasteiger partial charge is 0.311 e. The molecule has 0 spiro atoms. The van der Waals surface area contributed by atoms with E-state index < -0.39 is 0 Å². The molecule has 0 aliphatic rings. The quantitative estimate of drug-likeness (QED) is 0.328. The van der Waals surface area contributed by atoms with Gasteiger partial charge in [-0.2, -0.15) is 0 Å². The Morgan fingerprint density at radius 3 is 1.61 bits per heavy atom. The van der Waals surface area contributed by atoms with Crippen molar-refractivity contribution in [2.24, 2.45) is 0 Å². The van der Waals surface area contributed by atoms with E-state index in [0.717, 1.165) is 28.2 Å². The first-order valence-corrected chi connectivity index (χ1v) is 10.2. The molecule has 0 atom stereocenters. The first-order chi connectivity index (χ1) is 15.0. The molecule has 0 radical (unpaired) electrons. The highest BCUT2D eigenvalue weighted by Gasteiger charge is 2.15. The Morgan fingerprint density at radius 2 is 1.06 bits per heavy atom. The lowest BCUT2D eigenvalue weighted by Gasteiger charge is -2.25. The van der Waals surface area contributed by atoms with Gasteiger partial charge in [-0.1, -0.05) is 42.5 Å². The summed E-state index contributed by atoms with van der Waals surface area (Å²) in [5, 5.41) is 0. The predicted molar refractivity (Wildman–Crippen MR) is 126 cm³/mol. The number of benzene rings is 4. The van der Waals surface area contributed by atoms with Gasteiger partial charge in [0.1, 0.15) is 0 Å². The number of anilines is 3. The number of carbonyl (C=O) groups is 2. The molecule has 4 rings (SSSR count). The highest BCUT2D eigenvalue weighted by molar-refractivity contribution is 6.10. The van der Waals surface area contributed by atoms with Gasteiger partial charge in [-0.15, -0.1) is 0 Å². The number of nitrogens with zero attached hydrogens (tertiary/aromatic N) is 1. The van der Waals surface area contributed by atoms with E-state index in [9.17, 15) is 9.59 Å². The fraction of sp³-hybridized carbons (Fsp3) is 0.0714. The lowest BCUT2D eigenvalue weighted by atomic mass is 9.99. The maximum Gasteiger partial charge on any atom is 0.193 e. The zero-order valence-corrected chi connectivity index (χ0v) is 17.6. The number of para-hydroxylation sites is 1. The summed E-state index contributed by atoms with van der Waals surface area (Å²) in [6.07, 6.45) is 0. The smallest absolute Gasteiger partial charge is 0.193 e. The molecule has 3 heteroatoms. The minimum Gasteiger partial charge on any atom is -0.311 e. The highest BCUT2D eigenvalue weighted by atomic mass is 16.1. The average molecular weight is 405 g/mol. The molecule has 4 aromatic carbocycles. The van der Waals surface area contributed by atoms with Crippen LogP contribution in [-0.2, 0) is 0 Å². The van der Waals surface area contributed by atoms with E-state index in [1.807, 2.05) is 110 Å². The maximum atomic E-state index is 12.9. The van der Waals surface area contributed by atoms with E-state index in [1.54, 1.807) is 6.92 Å². The highest BCUT2D eigenvalue weighted by Crippen LogP contribution is 2.34. The average Bonchev–Trinajstić information content (AvgIpc) is 2.81. The summed E-state index contributed by atoms with van der Waals surface area (Å²) in [6, 6.07) is 32.8. The number of hydrogen-bond donors (Lipinski definition) is 0. The third-order valence-corrected chi connectivity index (χ3v) is 5.32. The molecule has 0 amide bonds. The number of hydrogen-bond acceptors (Lipinski definition) is 3. The number of Topliss-reactive ketones (excluding diaryl/α,β-unsaturated/α-hetero) is 1. The molecule has 152 valence electrons. The van der Waals surface area contributed by atoms with Gasteiger partial charge in [-0.3, -0.25) is 9.59 Å². The summed E-state index contributed by atoms with van der Waals surface area (Å²) in [5.74, 6) is 0.0543. The third kappa shape index (κ3) is 4.31. The van der Waals surface area contributed by atoms with Gasteiger partial charge in [0.15, 0.2) is 11.6 Å². The molecule has 0 saturated carbocycles. The second-order valence-electron chi connectivity index (χ2n) is 7.46. The van der Waals surface area contributed by atoms with Crippen molar-refractivity contribution < 1.29 is 9.59 Å². The van der Waals surface area contributed by atoms with Gasteiger partial charge in [0, 0.05) is 33.8 Å². The second kappa shape index (κ2) is 8.80. The summed E-state index contributed by atoms with van der Waals surface area (Å²) in [4.78, 5) is 26.7. The molecule has 0 aliphatic heterocycles. The predicted octanol–water partition coefficient (Wildman–Crippen LogP) is 6.90. The fourth-order valence-electron chi connectivity index (χ4n) is 3.61. The molecule has 3 nitrogen and oxygen atoms in total. The van der Waals surface area contributed by atoms with Crippen LogP contribution in [0.5, 0.6) is 0 Å². The molecule has 0 unspecified atom stereocenters. The van der Waals surface area contributed by atoms with Crippen molar-refractivity contribution in [3.05, 3.63) is 125 Å². The fourth-order valence-corrected chi connectivity index (χ4v) is 3.61. The standard InChI is InChI=1S/C28H23NO2/c1-20-8-6-7-11-27(20)28(31)23-14-18-26(19-15-23)29(24-9-4-3-5-10-24)25-16-12-22(13-17-25)21(2)30/h3-19H,1-2H3. The Morgan fingerprint density at radius 1 is 0.581 bits per heavy atom. The maximum absolute atomic E-state index is 12.9. The van der Waals surface area contributed by atoms with Crippen LogP contribution in [0.25, 0.3) is 0 Å². The Hall–Kier alpha value is -3.98. The SMILES string of the molecule is CC(=O)c1ccc(N(c2ccccc2)c2ccc(C(=O)c3ccccc3C)cc2)cc1. The molecule has 0 heterocycles. The van der Waals surface area contributed by atoms with Crippen LogP contribution in [0.4, 0.5) is 17.1 Å². The van der Waals surface area contributed by atoms with E-state index in [2.05, 4.69) is 4.90 Å². The zero-order chi connectivity index (χ0) is 21.8. The van der Waals surface area contributed by atoms with Crippen LogP contribution in [0.3, 0.4) is 0 Å². The van der Waals surface area contributed by atoms with Gasteiger partial charge in [0.2, 0.25) is 0 Å². The third-order valence-electron chi connectivity index (χ3n) is 5.32. The van der Waals surface area contributed by atoms with Gasteiger partial charge >= 0.3 is 0 Å². The first kappa shape index (κ1) is 20.3. The van der Waals surface area contributed by atoms with Crippen LogP contribution in [0.2, 0.25) is 0 Å². The van der Waals surface area contributed by atoms with Gasteiger partial charge < -0.3 is 4.90 Å². The number of carbonyl (C=O) groups excluding carboxylic acids is 2. The van der Waals surface area contributed by atoms with E-state index >= 15 is 0 Å². The van der Waals surface area contributed by atoms with Gasteiger partial charge in [-0.25, -0.2) is 0 Å². The Labute approximate surface area is 182 Å². The van der Waals surface area contributed by atoms with Gasteiger partial charge in [0.05, 0.1) is 0 Å². The van der Waals surface area contributed by atoms with Crippen molar-refractivity contribution in [3.8, 4) is 0 Å². The monoisotopic (exact) mass is 405 g/mol. The Bertz CT molecular complexity index is 1210. The van der Waals surface area contributed by atoms with Crippen LogP contribution >= 0.6 is 0 Å². The molecule has 4 aromatic rings. The van der Waals surface area contributed by atoms with Gasteiger partial charge in [-0.05, 0) is 80.1 Å². The van der Waals surface area contributed by atoms with Crippen LogP contribution in [0, 0.1) is 6.92 Å². The van der Waals surface area contributed by atoms with Gasteiger partial charge in [0.25, 0.3) is 0 Å². The molecular formula is C28H23NO2. The minimum atomic E-state index is 0.0155. The summed E-state index contributed by atoms with van der Waals surface area (Å²) >= 11 is 0. The topological polar surface area (TPSA) is 37.4 Å². The summed E-state index contributed by atoms with van der Waals surface area (Å²) in [7, 11) is 0. The first-order valence-electron chi connectivity index (χ1n) is 10.2. The van der Waals surface area contributed by atoms with Crippen LogP contribution < -0.4 is 4.90 Å². The lowest BCUT2D eigenvalue weighted by Crippen LogP contribution is -2.11. The van der Waals surface area contributed by atoms with Crippen LogP contribution in [0.15, 0.2) is 103 Å². The summed E-state index contributed by atoms with van der Waals surface area (Å²) in [6.45, 7) is 3.51. The van der Waals surface area contributed by atoms with Crippen molar-refractivity contribution in [2.45, 2.75) is 13.8 Å². The van der Waals surface area contributed by atoms with Crippen molar-refractivity contribution >= 4 is 28.6 Å². The molecule has 0 bridgehead atoms. The summed E-state index contributed by atoms with van der Waals surface area (Å²) in [5.41, 5.74) is 5.88. The van der Waals surface area contributed by atoms with Crippen molar-refractivity contribution in [1.82, 2.24) is 0 Å². The van der Waals surface area contributed by atoms with Crippen molar-refractivity contribution in [3.63, 3.8) is 0 Å². The lowest BCUT2D eigenvalue weighted by molar-refractivity contribution is 0.101. The van der Waals surface area contributed by atoms with Crippen LogP contribution in [0.1, 0.15) is 38.8 Å². The molecule has 0 aromatic heterocycles. The normalized spacial score (nSPS) is 10.5. The molecule has 0 saturated heterocycles. The van der Waals surface area contributed by atoms with Crippen molar-refractivity contribution in [1.29, 1.82) is 0 Å². The van der Waals surface area contributed by atoms with Crippen molar-refractivity contribution in [2.75, 3.05) is 4.90 Å². The summed E-state index contributed by atoms with van der Waals surface area (Å²) < 4.78 is 0. The minimum absolute atomic E-state index is 0.0155. The van der Waals surface area contributed by atoms with E-state index in [1.165, 1.54) is 0 Å². The van der Waals surface area contributed by atoms with E-state index in [4.69, 9.17) is 0 Å². The number of rotatable bonds is 6. The zero-order valence-electron chi connectivity index (χ0n) is 17.6. The van der Waals surface area contributed by atoms with Crippen LogP contribution in [-0.4, -0.2) is 11.6 Å². The molecular weight excluding hydrogens is 382 g/mol. The second-order valence-corrected chi connectivity index (χ2v) is 7.46. The Balaban J connectivity index is 1.71. The molecule has 0 aliphatic carbocycles. The molecule has 0 N–H and O–H groups in total.